The molecule has 0 aromatic carbocycles. The molecule has 0 N–H and O–H groups in total. The zero-order valence-corrected chi connectivity index (χ0v) is 21.6. The Morgan fingerprint density at radius 2 is 2.00 bits per heavy atom. The lowest BCUT2D eigenvalue weighted by molar-refractivity contribution is -0.126. The molecular formula is C27H33ClN4O2. The topological polar surface area (TPSA) is 73.0 Å². The molecule has 34 heavy (non-hydrogen) atoms. The van der Waals surface area contributed by atoms with Gasteiger partial charge < -0.3 is 9.47 Å². The molecule has 0 saturated heterocycles. The van der Waals surface area contributed by atoms with Gasteiger partial charge in [-0.3, -0.25) is 4.57 Å². The standard InChI is InChI=1S/C27H33ClN4O2/c1-7-26(2,3)34-27(4,5)14-13-20-18-32(21-10-8-12-23(28)19(16-21)17-29)24(31-20)22-11-9-15-30-25(22)33-6/h8-12,15-16,18,23H,7,13-14H2,1-6H3. The number of halogens is 1. The Kier molecular flexibility index (Phi) is 8.01. The molecule has 1 aliphatic rings. The van der Waals surface area contributed by atoms with Crippen LogP contribution in [0.2, 0.25) is 0 Å². The van der Waals surface area contributed by atoms with Gasteiger partial charge in [-0.05, 0) is 71.2 Å². The van der Waals surface area contributed by atoms with Crippen LogP contribution in [0.5, 0.6) is 5.88 Å². The number of aromatic nitrogens is 3. The van der Waals surface area contributed by atoms with Crippen LogP contribution in [-0.2, 0) is 11.2 Å². The first-order valence-corrected chi connectivity index (χ1v) is 11.9. The van der Waals surface area contributed by atoms with Crippen molar-refractivity contribution in [2.75, 3.05) is 7.11 Å². The predicted octanol–water partition coefficient (Wildman–Crippen LogP) is 6.34. The van der Waals surface area contributed by atoms with E-state index >= 15 is 0 Å². The Labute approximate surface area is 207 Å². The average molecular weight is 481 g/mol. The minimum atomic E-state index is -0.474. The molecule has 1 unspecified atom stereocenters. The lowest BCUT2D eigenvalue weighted by atomic mass is 9.98. The summed E-state index contributed by atoms with van der Waals surface area (Å²) in [6, 6.07) is 5.99. The highest BCUT2D eigenvalue weighted by atomic mass is 35.5. The molecular weight excluding hydrogens is 448 g/mol. The molecule has 2 aromatic heterocycles. The fourth-order valence-corrected chi connectivity index (χ4v) is 4.04. The van der Waals surface area contributed by atoms with Crippen LogP contribution in [0.1, 0.15) is 53.2 Å². The molecule has 0 amide bonds. The maximum atomic E-state index is 9.58. The Balaban J connectivity index is 2.02. The molecule has 180 valence electrons. The molecule has 1 atom stereocenters. The number of hydrogen-bond donors (Lipinski definition) is 0. The highest BCUT2D eigenvalue weighted by molar-refractivity contribution is 6.24. The van der Waals surface area contributed by atoms with E-state index in [0.29, 0.717) is 17.3 Å². The summed E-state index contributed by atoms with van der Waals surface area (Å²) in [7, 11) is 1.59. The van der Waals surface area contributed by atoms with E-state index in [0.717, 1.165) is 36.2 Å². The largest absolute Gasteiger partial charge is 0.480 e. The molecule has 1 aliphatic carbocycles. The van der Waals surface area contributed by atoms with Gasteiger partial charge in [-0.1, -0.05) is 19.1 Å². The quantitative estimate of drug-likeness (QED) is 0.391. The van der Waals surface area contributed by atoms with Crippen molar-refractivity contribution in [1.82, 2.24) is 14.5 Å². The van der Waals surface area contributed by atoms with Gasteiger partial charge in [0.1, 0.15) is 5.82 Å². The second kappa shape index (κ2) is 10.6. The highest BCUT2D eigenvalue weighted by Crippen LogP contribution is 2.32. The summed E-state index contributed by atoms with van der Waals surface area (Å²) in [5.74, 6) is 1.17. The summed E-state index contributed by atoms with van der Waals surface area (Å²) in [4.78, 5) is 9.31. The van der Waals surface area contributed by atoms with Crippen LogP contribution in [0.4, 0.5) is 0 Å². The number of nitrogens with zero attached hydrogens (tertiary/aromatic N) is 4. The van der Waals surface area contributed by atoms with Gasteiger partial charge in [0.2, 0.25) is 5.88 Å². The van der Waals surface area contributed by atoms with Crippen LogP contribution in [0.25, 0.3) is 17.1 Å². The number of aryl methyl sites for hydroxylation is 1. The third-order valence-corrected chi connectivity index (χ3v) is 6.28. The van der Waals surface area contributed by atoms with E-state index < -0.39 is 5.38 Å². The van der Waals surface area contributed by atoms with Crippen LogP contribution in [-0.4, -0.2) is 38.2 Å². The van der Waals surface area contributed by atoms with Crippen molar-refractivity contribution in [1.29, 1.82) is 5.26 Å². The molecule has 3 rings (SSSR count). The Hall–Kier alpha value is -2.88. The van der Waals surface area contributed by atoms with Gasteiger partial charge in [0.15, 0.2) is 0 Å². The summed E-state index contributed by atoms with van der Waals surface area (Å²) in [5, 5.41) is 9.11. The van der Waals surface area contributed by atoms with Crippen LogP contribution in [0, 0.1) is 11.3 Å². The van der Waals surface area contributed by atoms with Crippen molar-refractivity contribution >= 4 is 17.3 Å². The molecule has 0 fully saturated rings. The number of methoxy groups -OCH3 is 1. The fraction of sp³-hybridized carbons (Fsp3) is 0.444. The van der Waals surface area contributed by atoms with Gasteiger partial charge in [-0.15, -0.1) is 11.6 Å². The van der Waals surface area contributed by atoms with E-state index in [-0.39, 0.29) is 11.2 Å². The SMILES string of the molecule is CCC(C)(C)OC(C)(C)CCc1cn(C2=CC=CC(Cl)C(C#N)=C2)c(-c2cccnc2OC)n1. The van der Waals surface area contributed by atoms with Crippen molar-refractivity contribution in [3.05, 3.63) is 60.1 Å². The fourth-order valence-electron chi connectivity index (χ4n) is 3.85. The van der Waals surface area contributed by atoms with Crippen molar-refractivity contribution < 1.29 is 9.47 Å². The van der Waals surface area contributed by atoms with E-state index in [9.17, 15) is 5.26 Å². The van der Waals surface area contributed by atoms with Crippen LogP contribution >= 0.6 is 11.6 Å². The number of alkyl halides is 1. The van der Waals surface area contributed by atoms with Gasteiger partial charge in [-0.25, -0.2) is 9.97 Å². The molecule has 0 aliphatic heterocycles. The Bertz CT molecular complexity index is 1150. The zero-order valence-electron chi connectivity index (χ0n) is 20.8. The first kappa shape index (κ1) is 25.7. The average Bonchev–Trinajstić information content (AvgIpc) is 3.14. The lowest BCUT2D eigenvalue weighted by Crippen LogP contribution is -2.36. The summed E-state index contributed by atoms with van der Waals surface area (Å²) < 4.78 is 13.9. The summed E-state index contributed by atoms with van der Waals surface area (Å²) in [6.45, 7) is 10.6. The van der Waals surface area contributed by atoms with Crippen LogP contribution in [0.3, 0.4) is 0 Å². The molecule has 0 bridgehead atoms. The number of allylic oxidation sites excluding steroid dienone is 6. The normalized spacial score (nSPS) is 16.5. The minimum absolute atomic E-state index is 0.189. The maximum Gasteiger partial charge on any atom is 0.224 e. The smallest absolute Gasteiger partial charge is 0.224 e. The maximum absolute atomic E-state index is 9.58. The van der Waals surface area contributed by atoms with Crippen molar-refractivity contribution in [2.24, 2.45) is 0 Å². The van der Waals surface area contributed by atoms with Crippen molar-refractivity contribution in [3.8, 4) is 23.3 Å². The molecule has 6 nitrogen and oxygen atoms in total. The molecule has 2 heterocycles. The number of ether oxygens (including phenoxy) is 2. The first-order valence-electron chi connectivity index (χ1n) is 11.5. The minimum Gasteiger partial charge on any atom is -0.480 e. The highest BCUT2D eigenvalue weighted by Gasteiger charge is 2.28. The van der Waals surface area contributed by atoms with Gasteiger partial charge in [0.05, 0.1) is 46.6 Å². The van der Waals surface area contributed by atoms with E-state index in [1.165, 1.54) is 0 Å². The monoisotopic (exact) mass is 480 g/mol. The molecule has 0 spiro atoms. The van der Waals surface area contributed by atoms with Gasteiger partial charge in [0, 0.05) is 18.1 Å². The molecule has 2 aromatic rings. The molecule has 0 radical (unpaired) electrons. The van der Waals surface area contributed by atoms with E-state index in [2.05, 4.69) is 45.7 Å². The van der Waals surface area contributed by atoms with E-state index in [1.807, 2.05) is 35.0 Å². The predicted molar refractivity (Wildman–Crippen MR) is 137 cm³/mol. The van der Waals surface area contributed by atoms with Crippen molar-refractivity contribution in [2.45, 2.75) is 70.5 Å². The summed E-state index contributed by atoms with van der Waals surface area (Å²) in [5.41, 5.74) is 2.44. The van der Waals surface area contributed by atoms with Gasteiger partial charge >= 0.3 is 0 Å². The van der Waals surface area contributed by atoms with Crippen LogP contribution in [0.15, 0.2) is 54.4 Å². The number of imidazole rings is 1. The third-order valence-electron chi connectivity index (χ3n) is 5.90. The number of pyridine rings is 1. The lowest BCUT2D eigenvalue weighted by Gasteiger charge is -2.35. The summed E-state index contributed by atoms with van der Waals surface area (Å²) in [6.07, 6.45) is 13.5. The Morgan fingerprint density at radius 1 is 1.24 bits per heavy atom. The van der Waals surface area contributed by atoms with E-state index in [1.54, 1.807) is 25.5 Å². The Morgan fingerprint density at radius 3 is 2.68 bits per heavy atom. The third kappa shape index (κ3) is 6.16. The zero-order chi connectivity index (χ0) is 24.9. The second-order valence-corrected chi connectivity index (χ2v) is 10.0. The van der Waals surface area contributed by atoms with Crippen LogP contribution < -0.4 is 4.74 Å². The number of nitriles is 1. The van der Waals surface area contributed by atoms with Gasteiger partial charge in [-0.2, -0.15) is 5.26 Å². The molecule has 0 saturated carbocycles. The van der Waals surface area contributed by atoms with Gasteiger partial charge in [0.25, 0.3) is 0 Å². The first-order chi connectivity index (χ1) is 16.1. The molecule has 7 heteroatoms. The van der Waals surface area contributed by atoms with Crippen molar-refractivity contribution in [3.63, 3.8) is 0 Å². The number of rotatable bonds is 9. The summed E-state index contributed by atoms with van der Waals surface area (Å²) >= 11 is 6.33. The number of hydrogen-bond acceptors (Lipinski definition) is 5. The second-order valence-electron chi connectivity index (χ2n) is 9.55. The van der Waals surface area contributed by atoms with E-state index in [4.69, 9.17) is 26.1 Å².